The Balaban J connectivity index is 2.14. The van der Waals surface area contributed by atoms with Crippen molar-refractivity contribution in [3.63, 3.8) is 0 Å². The van der Waals surface area contributed by atoms with Crippen molar-refractivity contribution in [2.75, 3.05) is 13.2 Å². The van der Waals surface area contributed by atoms with Crippen LogP contribution in [0.3, 0.4) is 0 Å². The van der Waals surface area contributed by atoms with Crippen molar-refractivity contribution in [2.24, 2.45) is 5.73 Å². The molecule has 2 N–H and O–H groups in total. The van der Waals surface area contributed by atoms with Crippen molar-refractivity contribution in [3.8, 4) is 11.5 Å². The predicted octanol–water partition coefficient (Wildman–Crippen LogP) is 2.76. The summed E-state index contributed by atoms with van der Waals surface area (Å²) in [5, 5.41) is 0.608. The Hall–Kier alpha value is -0.930. The average Bonchev–Trinajstić information content (AvgIpc) is 2.31. The summed E-state index contributed by atoms with van der Waals surface area (Å²) in [6.45, 7) is 3.16. The highest BCUT2D eigenvalue weighted by atomic mass is 35.5. The highest BCUT2D eigenvalue weighted by molar-refractivity contribution is 6.32. The van der Waals surface area contributed by atoms with Crippen LogP contribution in [-0.4, -0.2) is 13.2 Å². The Bertz CT molecular complexity index is 469. The standard InChI is InChI=1S/C13H16ClNO2/c1-8-9(13(15)3-2-4-13)7-10(14)12-11(8)16-5-6-17-12/h7H,2-6,15H2,1H3. The fourth-order valence-corrected chi connectivity index (χ4v) is 2.89. The van der Waals surface area contributed by atoms with E-state index in [-0.39, 0.29) is 5.54 Å². The van der Waals surface area contributed by atoms with Crippen molar-refractivity contribution in [2.45, 2.75) is 31.7 Å². The van der Waals surface area contributed by atoms with E-state index < -0.39 is 0 Å². The molecular weight excluding hydrogens is 238 g/mol. The topological polar surface area (TPSA) is 44.5 Å². The Morgan fingerprint density at radius 1 is 1.24 bits per heavy atom. The van der Waals surface area contributed by atoms with Crippen molar-refractivity contribution in [1.82, 2.24) is 0 Å². The molecule has 0 atom stereocenters. The average molecular weight is 254 g/mol. The molecule has 0 amide bonds. The number of ether oxygens (including phenoxy) is 2. The number of hydrogen-bond donors (Lipinski definition) is 1. The lowest BCUT2D eigenvalue weighted by molar-refractivity contribution is 0.168. The van der Waals surface area contributed by atoms with Crippen LogP contribution in [0.1, 0.15) is 30.4 Å². The summed E-state index contributed by atoms with van der Waals surface area (Å²) in [6.07, 6.45) is 3.22. The zero-order chi connectivity index (χ0) is 12.0. The molecule has 1 fully saturated rings. The molecule has 3 nitrogen and oxygen atoms in total. The largest absolute Gasteiger partial charge is 0.486 e. The molecular formula is C13H16ClNO2. The van der Waals surface area contributed by atoms with E-state index in [1.54, 1.807) is 0 Å². The van der Waals surface area contributed by atoms with Crippen molar-refractivity contribution in [1.29, 1.82) is 0 Å². The number of rotatable bonds is 1. The molecule has 17 heavy (non-hydrogen) atoms. The maximum atomic E-state index is 6.37. The smallest absolute Gasteiger partial charge is 0.180 e. The second-order valence-electron chi connectivity index (χ2n) is 4.90. The van der Waals surface area contributed by atoms with Gasteiger partial charge < -0.3 is 15.2 Å². The van der Waals surface area contributed by atoms with Gasteiger partial charge in [0, 0.05) is 11.1 Å². The minimum Gasteiger partial charge on any atom is -0.486 e. The molecule has 2 aliphatic rings. The Labute approximate surface area is 106 Å². The van der Waals surface area contributed by atoms with Crippen LogP contribution in [-0.2, 0) is 5.54 Å². The molecule has 1 heterocycles. The van der Waals surface area contributed by atoms with Crippen LogP contribution in [0.15, 0.2) is 6.07 Å². The van der Waals surface area contributed by atoms with Gasteiger partial charge in [0.05, 0.1) is 5.02 Å². The summed E-state index contributed by atoms with van der Waals surface area (Å²) >= 11 is 6.25. The highest BCUT2D eigenvalue weighted by Crippen LogP contribution is 2.48. The van der Waals surface area contributed by atoms with Gasteiger partial charge in [-0.1, -0.05) is 11.6 Å². The fourth-order valence-electron chi connectivity index (χ4n) is 2.64. The Morgan fingerprint density at radius 2 is 1.88 bits per heavy atom. The van der Waals surface area contributed by atoms with Crippen LogP contribution in [0.4, 0.5) is 0 Å². The molecule has 0 bridgehead atoms. The lowest BCUT2D eigenvalue weighted by Crippen LogP contribution is -2.44. The molecule has 1 saturated carbocycles. The van der Waals surface area contributed by atoms with Gasteiger partial charge in [0.15, 0.2) is 11.5 Å². The van der Waals surface area contributed by atoms with Crippen LogP contribution >= 0.6 is 11.6 Å². The number of benzene rings is 1. The van der Waals surface area contributed by atoms with Crippen molar-refractivity contribution in [3.05, 3.63) is 22.2 Å². The van der Waals surface area contributed by atoms with E-state index in [0.717, 1.165) is 29.7 Å². The summed E-state index contributed by atoms with van der Waals surface area (Å²) in [5.41, 5.74) is 8.34. The zero-order valence-electron chi connectivity index (χ0n) is 9.88. The summed E-state index contributed by atoms with van der Waals surface area (Å²) < 4.78 is 11.2. The Morgan fingerprint density at radius 3 is 2.47 bits per heavy atom. The van der Waals surface area contributed by atoms with Gasteiger partial charge in [0.1, 0.15) is 13.2 Å². The van der Waals surface area contributed by atoms with E-state index >= 15 is 0 Å². The molecule has 0 spiro atoms. The van der Waals surface area contributed by atoms with E-state index in [0.29, 0.717) is 24.0 Å². The van der Waals surface area contributed by atoms with E-state index in [1.165, 1.54) is 6.42 Å². The van der Waals surface area contributed by atoms with Gasteiger partial charge in [0.2, 0.25) is 0 Å². The minimum absolute atomic E-state index is 0.219. The quantitative estimate of drug-likeness (QED) is 0.837. The first-order chi connectivity index (χ1) is 8.12. The third-order valence-corrected chi connectivity index (χ3v) is 4.08. The maximum Gasteiger partial charge on any atom is 0.180 e. The molecule has 3 rings (SSSR count). The van der Waals surface area contributed by atoms with Crippen LogP contribution in [0.5, 0.6) is 11.5 Å². The van der Waals surface area contributed by atoms with Crippen molar-refractivity contribution < 1.29 is 9.47 Å². The predicted molar refractivity (Wildman–Crippen MR) is 66.9 cm³/mol. The van der Waals surface area contributed by atoms with E-state index in [2.05, 4.69) is 0 Å². The van der Waals surface area contributed by atoms with E-state index in [9.17, 15) is 0 Å². The molecule has 0 saturated heterocycles. The molecule has 4 heteroatoms. The first-order valence-electron chi connectivity index (χ1n) is 6.00. The van der Waals surface area contributed by atoms with Gasteiger partial charge in [-0.25, -0.2) is 0 Å². The number of halogens is 1. The summed E-state index contributed by atoms with van der Waals surface area (Å²) in [6, 6.07) is 1.95. The lowest BCUT2D eigenvalue weighted by atomic mass is 9.71. The van der Waals surface area contributed by atoms with Gasteiger partial charge in [-0.2, -0.15) is 0 Å². The van der Waals surface area contributed by atoms with Gasteiger partial charge in [-0.15, -0.1) is 0 Å². The third kappa shape index (κ3) is 1.60. The van der Waals surface area contributed by atoms with Crippen LogP contribution in [0.25, 0.3) is 0 Å². The van der Waals surface area contributed by atoms with Gasteiger partial charge in [-0.3, -0.25) is 0 Å². The van der Waals surface area contributed by atoms with E-state index in [4.69, 9.17) is 26.8 Å². The molecule has 0 unspecified atom stereocenters. The second-order valence-corrected chi connectivity index (χ2v) is 5.30. The summed E-state index contributed by atoms with van der Waals surface area (Å²) in [4.78, 5) is 0. The number of fused-ring (bicyclic) bond motifs is 1. The van der Waals surface area contributed by atoms with Crippen LogP contribution in [0.2, 0.25) is 5.02 Å². The number of hydrogen-bond acceptors (Lipinski definition) is 3. The van der Waals surface area contributed by atoms with Crippen molar-refractivity contribution >= 4 is 11.6 Å². The molecule has 1 aromatic rings. The van der Waals surface area contributed by atoms with Crippen LogP contribution in [0, 0.1) is 6.92 Å². The molecule has 1 aliphatic carbocycles. The summed E-state index contributed by atoms with van der Waals surface area (Å²) in [5.74, 6) is 1.44. The van der Waals surface area contributed by atoms with Gasteiger partial charge in [-0.05, 0) is 37.8 Å². The second kappa shape index (κ2) is 3.79. The monoisotopic (exact) mass is 253 g/mol. The highest BCUT2D eigenvalue weighted by Gasteiger charge is 2.37. The molecule has 0 aromatic heterocycles. The molecule has 1 aromatic carbocycles. The first kappa shape index (κ1) is 11.2. The fraction of sp³-hybridized carbons (Fsp3) is 0.538. The van der Waals surface area contributed by atoms with Crippen LogP contribution < -0.4 is 15.2 Å². The lowest BCUT2D eigenvalue weighted by Gasteiger charge is -2.40. The summed E-state index contributed by atoms with van der Waals surface area (Å²) in [7, 11) is 0. The molecule has 0 radical (unpaired) electrons. The van der Waals surface area contributed by atoms with Gasteiger partial charge >= 0.3 is 0 Å². The normalized spacial score (nSPS) is 20.9. The van der Waals surface area contributed by atoms with E-state index in [1.807, 2.05) is 13.0 Å². The number of nitrogens with two attached hydrogens (primary N) is 1. The Kier molecular flexibility index (Phi) is 2.49. The molecule has 92 valence electrons. The maximum absolute atomic E-state index is 6.37. The zero-order valence-corrected chi connectivity index (χ0v) is 10.6. The molecule has 1 aliphatic heterocycles. The minimum atomic E-state index is -0.219. The van der Waals surface area contributed by atoms with Gasteiger partial charge in [0.25, 0.3) is 0 Å². The SMILES string of the molecule is Cc1c(C2(N)CCC2)cc(Cl)c2c1OCCO2. The first-order valence-corrected chi connectivity index (χ1v) is 6.38. The third-order valence-electron chi connectivity index (χ3n) is 3.80.